The molecule has 3 heteroatoms. The quantitative estimate of drug-likeness (QED) is 0.778. The van der Waals surface area contributed by atoms with Crippen LogP contribution in [0.4, 0.5) is 0 Å². The topological polar surface area (TPSA) is 41.5 Å². The molecule has 3 aliphatic rings. The molecule has 3 fully saturated rings. The van der Waals surface area contributed by atoms with Gasteiger partial charge in [-0.1, -0.05) is 38.5 Å². The second-order valence-corrected chi connectivity index (χ2v) is 7.44. The Kier molecular flexibility index (Phi) is 4.68. The van der Waals surface area contributed by atoms with Crippen LogP contribution in [0.5, 0.6) is 0 Å². The van der Waals surface area contributed by atoms with Gasteiger partial charge in [-0.25, -0.2) is 0 Å². The van der Waals surface area contributed by atoms with Crippen molar-refractivity contribution in [2.75, 3.05) is 13.1 Å². The summed E-state index contributed by atoms with van der Waals surface area (Å²) in [5.41, 5.74) is -0.217. The van der Waals surface area contributed by atoms with Gasteiger partial charge in [0.05, 0.1) is 17.3 Å². The van der Waals surface area contributed by atoms with Crippen LogP contribution in [0.25, 0.3) is 0 Å². The van der Waals surface area contributed by atoms with E-state index in [1.807, 2.05) is 0 Å². The Bertz CT molecular complexity index is 304. The lowest BCUT2D eigenvalue weighted by Gasteiger charge is -2.28. The summed E-state index contributed by atoms with van der Waals surface area (Å²) in [6.45, 7) is 1.67. The first-order chi connectivity index (χ1) is 9.70. The summed E-state index contributed by atoms with van der Waals surface area (Å²) < 4.78 is 6.31. The lowest BCUT2D eigenvalue weighted by molar-refractivity contribution is -0.0383. The predicted molar refractivity (Wildman–Crippen MR) is 80.8 cm³/mol. The standard InChI is InChI=1S/C17H31NO2/c19-16(8-3-1-2-4-9-16)14-18-13-15-7-12-17(20-15)10-5-6-11-17/h15,18-19H,1-14H2. The Morgan fingerprint density at radius 2 is 1.55 bits per heavy atom. The molecule has 1 heterocycles. The van der Waals surface area contributed by atoms with Crippen LogP contribution in [0.3, 0.4) is 0 Å². The second-order valence-electron chi connectivity index (χ2n) is 7.44. The lowest BCUT2D eigenvalue weighted by Crippen LogP contribution is -2.43. The Labute approximate surface area is 123 Å². The van der Waals surface area contributed by atoms with Crippen LogP contribution in [0.15, 0.2) is 0 Å². The van der Waals surface area contributed by atoms with Crippen LogP contribution >= 0.6 is 0 Å². The molecular weight excluding hydrogens is 250 g/mol. The summed E-state index contributed by atoms with van der Waals surface area (Å²) in [6.07, 6.45) is 14.9. The summed E-state index contributed by atoms with van der Waals surface area (Å²) in [6, 6.07) is 0. The van der Waals surface area contributed by atoms with Gasteiger partial charge in [0.15, 0.2) is 0 Å². The minimum Gasteiger partial charge on any atom is -0.389 e. The molecule has 0 aromatic rings. The van der Waals surface area contributed by atoms with E-state index < -0.39 is 5.60 Å². The largest absolute Gasteiger partial charge is 0.389 e. The molecule has 1 atom stereocenters. The Morgan fingerprint density at radius 3 is 2.25 bits per heavy atom. The first-order valence-corrected chi connectivity index (χ1v) is 8.81. The number of ether oxygens (including phenoxy) is 1. The molecule has 0 radical (unpaired) electrons. The summed E-state index contributed by atoms with van der Waals surface area (Å²) in [7, 11) is 0. The van der Waals surface area contributed by atoms with Gasteiger partial charge in [-0.3, -0.25) is 0 Å². The fraction of sp³-hybridized carbons (Fsp3) is 1.00. The maximum absolute atomic E-state index is 10.6. The minimum atomic E-state index is -0.458. The fourth-order valence-corrected chi connectivity index (χ4v) is 4.46. The van der Waals surface area contributed by atoms with Gasteiger partial charge in [0, 0.05) is 13.1 Å². The van der Waals surface area contributed by atoms with Crippen molar-refractivity contribution < 1.29 is 9.84 Å². The summed E-state index contributed by atoms with van der Waals surface area (Å²) >= 11 is 0. The summed E-state index contributed by atoms with van der Waals surface area (Å²) in [4.78, 5) is 0. The third-order valence-electron chi connectivity index (χ3n) is 5.71. The number of nitrogens with one attached hydrogen (secondary N) is 1. The molecule has 3 rings (SSSR count). The molecule has 2 saturated carbocycles. The SMILES string of the molecule is OC1(CNCC2CCC3(CCCC3)O2)CCCCCC1. The van der Waals surface area contributed by atoms with Crippen molar-refractivity contribution in [1.82, 2.24) is 5.32 Å². The normalized spacial score (nSPS) is 32.5. The van der Waals surface area contributed by atoms with E-state index in [0.717, 1.165) is 25.9 Å². The van der Waals surface area contributed by atoms with Gasteiger partial charge in [-0.05, 0) is 38.5 Å². The maximum atomic E-state index is 10.6. The molecule has 0 aromatic carbocycles. The van der Waals surface area contributed by atoms with E-state index >= 15 is 0 Å². The number of hydrogen-bond acceptors (Lipinski definition) is 3. The molecule has 0 aromatic heterocycles. The van der Waals surface area contributed by atoms with E-state index in [0.29, 0.717) is 6.10 Å². The van der Waals surface area contributed by atoms with Crippen molar-refractivity contribution in [3.63, 3.8) is 0 Å². The Balaban J connectivity index is 1.39. The Morgan fingerprint density at radius 1 is 0.900 bits per heavy atom. The van der Waals surface area contributed by atoms with Crippen LogP contribution < -0.4 is 5.32 Å². The molecule has 0 bridgehead atoms. The molecule has 1 unspecified atom stereocenters. The third-order valence-corrected chi connectivity index (χ3v) is 5.71. The van der Waals surface area contributed by atoms with Crippen molar-refractivity contribution >= 4 is 0 Å². The van der Waals surface area contributed by atoms with E-state index in [1.54, 1.807) is 0 Å². The first-order valence-electron chi connectivity index (χ1n) is 8.81. The monoisotopic (exact) mass is 281 g/mol. The van der Waals surface area contributed by atoms with Crippen molar-refractivity contribution in [1.29, 1.82) is 0 Å². The van der Waals surface area contributed by atoms with E-state index in [-0.39, 0.29) is 5.60 Å². The highest BCUT2D eigenvalue weighted by Gasteiger charge is 2.42. The van der Waals surface area contributed by atoms with Crippen molar-refractivity contribution in [2.45, 2.75) is 94.4 Å². The molecule has 1 saturated heterocycles. The molecule has 3 nitrogen and oxygen atoms in total. The predicted octanol–water partition coefficient (Wildman–Crippen LogP) is 3.15. The van der Waals surface area contributed by atoms with E-state index in [9.17, 15) is 5.11 Å². The number of rotatable bonds is 4. The molecule has 1 aliphatic heterocycles. The van der Waals surface area contributed by atoms with E-state index in [4.69, 9.17) is 4.74 Å². The molecule has 2 aliphatic carbocycles. The zero-order valence-electron chi connectivity index (χ0n) is 12.8. The molecule has 20 heavy (non-hydrogen) atoms. The maximum Gasteiger partial charge on any atom is 0.0771 e. The van der Waals surface area contributed by atoms with Gasteiger partial charge in [0.2, 0.25) is 0 Å². The van der Waals surface area contributed by atoms with Crippen molar-refractivity contribution in [2.24, 2.45) is 0 Å². The van der Waals surface area contributed by atoms with Crippen LogP contribution in [-0.4, -0.2) is 35.5 Å². The zero-order chi connectivity index (χ0) is 13.9. The fourth-order valence-electron chi connectivity index (χ4n) is 4.46. The highest BCUT2D eigenvalue weighted by Crippen LogP contribution is 2.43. The van der Waals surface area contributed by atoms with Gasteiger partial charge in [0.25, 0.3) is 0 Å². The highest BCUT2D eigenvalue weighted by atomic mass is 16.5. The average molecular weight is 281 g/mol. The number of aliphatic hydroxyl groups is 1. The molecule has 1 spiro atoms. The minimum absolute atomic E-state index is 0.242. The highest BCUT2D eigenvalue weighted by molar-refractivity contribution is 4.93. The first kappa shape index (κ1) is 14.8. The van der Waals surface area contributed by atoms with Crippen LogP contribution in [0.1, 0.15) is 77.0 Å². The molecule has 116 valence electrons. The van der Waals surface area contributed by atoms with Crippen molar-refractivity contribution in [3.05, 3.63) is 0 Å². The second kappa shape index (κ2) is 6.33. The molecule has 0 amide bonds. The lowest BCUT2D eigenvalue weighted by atomic mass is 9.94. The average Bonchev–Trinajstić information content (AvgIpc) is 2.99. The van der Waals surface area contributed by atoms with E-state index in [2.05, 4.69) is 5.32 Å². The van der Waals surface area contributed by atoms with E-state index in [1.165, 1.54) is 64.2 Å². The smallest absolute Gasteiger partial charge is 0.0771 e. The zero-order valence-corrected chi connectivity index (χ0v) is 12.8. The van der Waals surface area contributed by atoms with Crippen LogP contribution in [-0.2, 0) is 4.74 Å². The van der Waals surface area contributed by atoms with Gasteiger partial charge >= 0.3 is 0 Å². The van der Waals surface area contributed by atoms with Crippen molar-refractivity contribution in [3.8, 4) is 0 Å². The number of hydrogen-bond donors (Lipinski definition) is 2. The van der Waals surface area contributed by atoms with Gasteiger partial charge in [-0.2, -0.15) is 0 Å². The Hall–Kier alpha value is -0.120. The summed E-state index contributed by atoms with van der Waals surface area (Å²) in [5.74, 6) is 0. The van der Waals surface area contributed by atoms with Crippen LogP contribution in [0.2, 0.25) is 0 Å². The van der Waals surface area contributed by atoms with Gasteiger partial charge in [-0.15, -0.1) is 0 Å². The summed E-state index contributed by atoms with van der Waals surface area (Å²) in [5, 5.41) is 14.1. The van der Waals surface area contributed by atoms with Crippen LogP contribution in [0, 0.1) is 0 Å². The van der Waals surface area contributed by atoms with Gasteiger partial charge in [0.1, 0.15) is 0 Å². The molecular formula is C17H31NO2. The molecule has 2 N–H and O–H groups in total. The van der Waals surface area contributed by atoms with Gasteiger partial charge < -0.3 is 15.2 Å². The third kappa shape index (κ3) is 3.55.